The maximum atomic E-state index is 12.2. The lowest BCUT2D eigenvalue weighted by atomic mass is 10.0. The second-order valence-corrected chi connectivity index (χ2v) is 7.39. The third kappa shape index (κ3) is 5.45. The smallest absolute Gasteiger partial charge is 0.206 e. The molecule has 0 aliphatic carbocycles. The van der Waals surface area contributed by atoms with Crippen molar-refractivity contribution in [1.82, 2.24) is 9.99 Å². The molecule has 0 atom stereocenters. The predicted octanol–water partition coefficient (Wildman–Crippen LogP) is 4.52. The van der Waals surface area contributed by atoms with Gasteiger partial charge >= 0.3 is 0 Å². The summed E-state index contributed by atoms with van der Waals surface area (Å²) in [7, 11) is 0. The Kier molecular flexibility index (Phi) is 7.81. The van der Waals surface area contributed by atoms with Crippen LogP contribution in [0.25, 0.3) is 5.69 Å². The first-order valence-corrected chi connectivity index (χ1v) is 9.90. The van der Waals surface area contributed by atoms with Gasteiger partial charge in [0.2, 0.25) is 5.96 Å². The minimum atomic E-state index is -0.236. The number of nitrogens with one attached hydrogen (secondary N) is 2. The van der Waals surface area contributed by atoms with Gasteiger partial charge < -0.3 is 5.73 Å². The number of hydrogen-bond acceptors (Lipinski definition) is 3. The number of carbonyl (C=O) groups is 1. The highest BCUT2D eigenvalue weighted by Crippen LogP contribution is 2.27. The summed E-state index contributed by atoms with van der Waals surface area (Å²) in [5.74, 6) is -0.176. The highest BCUT2D eigenvalue weighted by Gasteiger charge is 2.15. The molecule has 0 fully saturated rings. The molecule has 0 radical (unpaired) electrons. The molecule has 4 N–H and O–H groups in total. The molecule has 150 valence electrons. The Hall–Kier alpha value is -2.60. The average Bonchev–Trinajstić information content (AvgIpc) is 2.96. The van der Waals surface area contributed by atoms with E-state index in [0.717, 1.165) is 42.6 Å². The molecule has 0 aliphatic heterocycles. The van der Waals surface area contributed by atoms with E-state index < -0.39 is 0 Å². The van der Waals surface area contributed by atoms with Crippen molar-refractivity contribution in [2.24, 2.45) is 16.8 Å². The Morgan fingerprint density at radius 3 is 2.57 bits per heavy atom. The summed E-state index contributed by atoms with van der Waals surface area (Å²) in [6.07, 6.45) is 5.81. The zero-order valence-electron chi connectivity index (χ0n) is 16.6. The number of halogens is 1. The summed E-state index contributed by atoms with van der Waals surface area (Å²) >= 11 is 6.68. The Bertz CT molecular complexity index is 852. The van der Waals surface area contributed by atoms with Crippen molar-refractivity contribution >= 4 is 29.6 Å². The van der Waals surface area contributed by atoms with Crippen LogP contribution >= 0.6 is 11.6 Å². The first-order valence-electron chi connectivity index (χ1n) is 9.53. The molecule has 28 heavy (non-hydrogen) atoms. The molecule has 0 bridgehead atoms. The van der Waals surface area contributed by atoms with Crippen molar-refractivity contribution in [2.75, 3.05) is 0 Å². The molecule has 1 heterocycles. The molecular weight excluding hydrogens is 374 g/mol. The summed E-state index contributed by atoms with van der Waals surface area (Å²) in [6.45, 7) is 5.94. The fourth-order valence-electron chi connectivity index (χ4n) is 2.93. The van der Waals surface area contributed by atoms with Crippen LogP contribution in [0, 0.1) is 11.3 Å². The monoisotopic (exact) mass is 401 g/mol. The predicted molar refractivity (Wildman–Crippen MR) is 116 cm³/mol. The molecule has 1 aromatic carbocycles. The normalized spacial score (nSPS) is 11.3. The topological polar surface area (TPSA) is 96.3 Å². The Labute approximate surface area is 171 Å². The Balaban J connectivity index is 2.40. The van der Waals surface area contributed by atoms with Crippen molar-refractivity contribution < 1.29 is 4.79 Å². The molecule has 0 saturated heterocycles. The van der Waals surface area contributed by atoms with Gasteiger partial charge in [-0.25, -0.2) is 5.43 Å². The molecule has 6 nitrogen and oxygen atoms in total. The zero-order valence-corrected chi connectivity index (χ0v) is 17.4. The van der Waals surface area contributed by atoms with Gasteiger partial charge in [-0.2, -0.15) is 5.10 Å². The minimum absolute atomic E-state index is 0.0495. The van der Waals surface area contributed by atoms with E-state index in [-0.39, 0.29) is 17.7 Å². The summed E-state index contributed by atoms with van der Waals surface area (Å²) < 4.78 is 1.89. The fourth-order valence-corrected chi connectivity index (χ4v) is 3.28. The van der Waals surface area contributed by atoms with Crippen LogP contribution in [0.2, 0.25) is 5.15 Å². The Morgan fingerprint density at radius 1 is 1.32 bits per heavy atom. The second kappa shape index (κ2) is 10.1. The number of aryl methyl sites for hydroxylation is 1. The second-order valence-electron chi connectivity index (χ2n) is 7.03. The summed E-state index contributed by atoms with van der Waals surface area (Å²) in [6, 6.07) is 9.40. The van der Waals surface area contributed by atoms with Crippen LogP contribution in [-0.4, -0.2) is 22.5 Å². The fraction of sp³-hybridized carbons (Fsp3) is 0.381. The number of rotatable bonds is 9. The molecule has 0 saturated carbocycles. The number of hydrogen-bond donors (Lipinski definition) is 3. The van der Waals surface area contributed by atoms with Gasteiger partial charge in [-0.1, -0.05) is 45.2 Å². The molecule has 1 aromatic heterocycles. The van der Waals surface area contributed by atoms with Crippen molar-refractivity contribution in [3.05, 3.63) is 52.3 Å². The molecule has 2 aromatic rings. The molecule has 7 heteroatoms. The quantitative estimate of drug-likeness (QED) is 0.189. The highest BCUT2D eigenvalue weighted by atomic mass is 35.5. The first-order chi connectivity index (χ1) is 13.3. The van der Waals surface area contributed by atoms with E-state index in [1.54, 1.807) is 6.21 Å². The first kappa shape index (κ1) is 21.7. The molecule has 0 unspecified atom stereocenters. The summed E-state index contributed by atoms with van der Waals surface area (Å²) in [5, 5.41) is 11.8. The van der Waals surface area contributed by atoms with Gasteiger partial charge in [0.05, 0.1) is 11.9 Å². The number of nitrogens with zero attached hydrogens (tertiary/aromatic N) is 2. The molecular formula is C21H28ClN5O. The molecule has 0 amide bonds. The summed E-state index contributed by atoms with van der Waals surface area (Å²) in [4.78, 5) is 12.2. The van der Waals surface area contributed by atoms with E-state index in [2.05, 4.69) is 17.5 Å². The van der Waals surface area contributed by atoms with Crippen LogP contribution in [0.3, 0.4) is 0 Å². The average molecular weight is 402 g/mol. The summed E-state index contributed by atoms with van der Waals surface area (Å²) in [5.41, 5.74) is 11.0. The van der Waals surface area contributed by atoms with Gasteiger partial charge in [0.15, 0.2) is 5.78 Å². The number of ketones is 1. The number of guanidine groups is 1. The number of aromatic nitrogens is 1. The third-order valence-electron chi connectivity index (χ3n) is 4.41. The van der Waals surface area contributed by atoms with E-state index in [1.165, 1.54) is 0 Å². The highest BCUT2D eigenvalue weighted by molar-refractivity contribution is 6.31. The molecule has 0 spiro atoms. The van der Waals surface area contributed by atoms with Gasteiger partial charge in [-0.3, -0.25) is 14.8 Å². The largest absolute Gasteiger partial charge is 0.369 e. The van der Waals surface area contributed by atoms with E-state index in [0.29, 0.717) is 10.7 Å². The van der Waals surface area contributed by atoms with Crippen molar-refractivity contribution in [1.29, 1.82) is 5.41 Å². The van der Waals surface area contributed by atoms with E-state index in [9.17, 15) is 4.79 Å². The lowest BCUT2D eigenvalue weighted by Crippen LogP contribution is -2.25. The number of benzene rings is 1. The van der Waals surface area contributed by atoms with Gasteiger partial charge in [-0.15, -0.1) is 0 Å². The minimum Gasteiger partial charge on any atom is -0.369 e. The standard InChI is InChI=1S/C21H28ClN5O/c1-4-5-6-7-16-12-18(13-25-26-21(23)24)27(20(16)22)17-10-8-15(9-11-17)19(28)14(2)3/h8-14H,4-7H2,1-3H3,(H4,23,24,26)/b25-13+. The number of carbonyl (C=O) groups excluding carboxylic acids is 1. The number of Topliss-reactive ketones (excluding diaryl/α,β-unsaturated/α-hetero) is 1. The lowest BCUT2D eigenvalue weighted by Gasteiger charge is -2.10. The van der Waals surface area contributed by atoms with Crippen molar-refractivity contribution in [3.63, 3.8) is 0 Å². The van der Waals surface area contributed by atoms with Crippen LogP contribution in [0.4, 0.5) is 0 Å². The number of nitrogens with two attached hydrogens (primary N) is 1. The van der Waals surface area contributed by atoms with E-state index in [4.69, 9.17) is 22.7 Å². The van der Waals surface area contributed by atoms with Crippen LogP contribution in [0.1, 0.15) is 61.6 Å². The molecule has 0 aliphatic rings. The maximum Gasteiger partial charge on any atom is 0.206 e. The maximum absolute atomic E-state index is 12.2. The van der Waals surface area contributed by atoms with Gasteiger partial charge in [0.25, 0.3) is 0 Å². The van der Waals surface area contributed by atoms with Gasteiger partial charge in [0, 0.05) is 17.2 Å². The van der Waals surface area contributed by atoms with Crippen molar-refractivity contribution in [2.45, 2.75) is 46.5 Å². The lowest BCUT2D eigenvalue weighted by molar-refractivity contribution is 0.0939. The van der Waals surface area contributed by atoms with E-state index in [1.807, 2.05) is 48.7 Å². The third-order valence-corrected chi connectivity index (χ3v) is 4.82. The van der Waals surface area contributed by atoms with Crippen LogP contribution in [0.15, 0.2) is 35.4 Å². The number of hydrazone groups is 1. The Morgan fingerprint density at radius 2 is 2.00 bits per heavy atom. The molecule has 2 rings (SSSR count). The van der Waals surface area contributed by atoms with Gasteiger partial charge in [-0.05, 0) is 48.7 Å². The van der Waals surface area contributed by atoms with E-state index >= 15 is 0 Å². The van der Waals surface area contributed by atoms with Gasteiger partial charge in [0.1, 0.15) is 5.15 Å². The van der Waals surface area contributed by atoms with Crippen LogP contribution < -0.4 is 11.2 Å². The number of unbranched alkanes of at least 4 members (excludes halogenated alkanes) is 2. The van der Waals surface area contributed by atoms with Crippen LogP contribution in [0.5, 0.6) is 0 Å². The van der Waals surface area contributed by atoms with Crippen LogP contribution in [-0.2, 0) is 6.42 Å². The zero-order chi connectivity index (χ0) is 20.7. The van der Waals surface area contributed by atoms with Crippen molar-refractivity contribution in [3.8, 4) is 5.69 Å². The SMILES string of the molecule is CCCCCc1cc(/C=N/NC(=N)N)n(-c2ccc(C(=O)C(C)C)cc2)c1Cl.